The summed E-state index contributed by atoms with van der Waals surface area (Å²) in [5, 5.41) is 0. The quantitative estimate of drug-likeness (QED) is 0.412. The molecule has 57 valence electrons. The summed E-state index contributed by atoms with van der Waals surface area (Å²) in [6.07, 6.45) is 4.82. The number of hydrogen-bond donors (Lipinski definition) is 0. The molecule has 1 unspecified atom stereocenters. The highest BCUT2D eigenvalue weighted by Gasteiger charge is 1.94. The first-order chi connectivity index (χ1) is 4.81. The predicted octanol–water partition coefficient (Wildman–Crippen LogP) is 3.04. The van der Waals surface area contributed by atoms with Crippen LogP contribution in [0.5, 0.6) is 0 Å². The van der Waals surface area contributed by atoms with Crippen molar-refractivity contribution in [2.45, 2.75) is 39.5 Å². The van der Waals surface area contributed by atoms with Crippen molar-refractivity contribution in [3.8, 4) is 11.8 Å². The Morgan fingerprint density at radius 3 is 2.60 bits per heavy atom. The van der Waals surface area contributed by atoms with Crippen molar-refractivity contribution < 1.29 is 0 Å². The molecule has 1 atom stereocenters. The Morgan fingerprint density at radius 2 is 2.10 bits per heavy atom. The van der Waals surface area contributed by atoms with Gasteiger partial charge in [-0.1, -0.05) is 33.1 Å². The molecular formula is C10H17. The van der Waals surface area contributed by atoms with Crippen LogP contribution in [0.15, 0.2) is 0 Å². The molecule has 0 heteroatoms. The highest BCUT2D eigenvalue weighted by atomic mass is 14.0. The summed E-state index contributed by atoms with van der Waals surface area (Å²) in [4.78, 5) is 0. The fourth-order valence-corrected chi connectivity index (χ4v) is 0.946. The molecule has 0 N–H and O–H groups in total. The summed E-state index contributed by atoms with van der Waals surface area (Å²) in [5.74, 6) is 6.64. The van der Waals surface area contributed by atoms with E-state index in [1.807, 2.05) is 6.92 Å². The van der Waals surface area contributed by atoms with Gasteiger partial charge in [-0.2, -0.15) is 0 Å². The molecule has 0 aliphatic rings. The standard InChI is InChI=1S/C10H17/c1-4-6-7-9-10(3)8-5-2/h10H,1,4,6-7,9H2,2-3H3. The zero-order valence-electron chi connectivity index (χ0n) is 7.11. The molecule has 0 rings (SSSR count). The minimum Gasteiger partial charge on any atom is -0.106 e. The summed E-state index contributed by atoms with van der Waals surface area (Å²) in [5.41, 5.74) is 0. The van der Waals surface area contributed by atoms with Gasteiger partial charge in [0.05, 0.1) is 0 Å². The average Bonchev–Trinajstić information content (AvgIpc) is 1.89. The van der Waals surface area contributed by atoms with Crippen LogP contribution in [0.25, 0.3) is 0 Å². The van der Waals surface area contributed by atoms with Crippen LogP contribution in [0.4, 0.5) is 0 Å². The molecule has 0 aliphatic heterocycles. The van der Waals surface area contributed by atoms with Crippen LogP contribution in [-0.2, 0) is 0 Å². The van der Waals surface area contributed by atoms with Crippen LogP contribution in [0.3, 0.4) is 0 Å². The van der Waals surface area contributed by atoms with Gasteiger partial charge in [-0.25, -0.2) is 0 Å². The zero-order chi connectivity index (χ0) is 7.82. The molecule has 0 fully saturated rings. The maximum absolute atomic E-state index is 3.79. The third-order valence-electron chi connectivity index (χ3n) is 1.53. The molecule has 0 aliphatic carbocycles. The van der Waals surface area contributed by atoms with E-state index in [9.17, 15) is 0 Å². The molecule has 0 heterocycles. The molecule has 0 aromatic rings. The van der Waals surface area contributed by atoms with Crippen LogP contribution >= 0.6 is 0 Å². The Kier molecular flexibility index (Phi) is 6.38. The molecule has 0 nitrogen and oxygen atoms in total. The molecular weight excluding hydrogens is 120 g/mol. The van der Waals surface area contributed by atoms with Crippen molar-refractivity contribution in [3.63, 3.8) is 0 Å². The normalized spacial score (nSPS) is 11.9. The van der Waals surface area contributed by atoms with Gasteiger partial charge >= 0.3 is 0 Å². The summed E-state index contributed by atoms with van der Waals surface area (Å²) in [6, 6.07) is 0. The Balaban J connectivity index is 3.18. The van der Waals surface area contributed by atoms with E-state index in [1.54, 1.807) is 0 Å². The topological polar surface area (TPSA) is 0 Å². The molecule has 0 amide bonds. The van der Waals surface area contributed by atoms with Crippen molar-refractivity contribution in [2.24, 2.45) is 5.92 Å². The first-order valence-corrected chi connectivity index (χ1v) is 4.02. The fourth-order valence-electron chi connectivity index (χ4n) is 0.946. The Hall–Kier alpha value is -0.440. The minimum atomic E-state index is 0.580. The van der Waals surface area contributed by atoms with E-state index in [0.717, 1.165) is 6.42 Å². The van der Waals surface area contributed by atoms with Gasteiger partial charge in [0.25, 0.3) is 0 Å². The van der Waals surface area contributed by atoms with E-state index >= 15 is 0 Å². The predicted molar refractivity (Wildman–Crippen MR) is 46.4 cm³/mol. The molecule has 10 heavy (non-hydrogen) atoms. The summed E-state index contributed by atoms with van der Waals surface area (Å²) in [7, 11) is 0. The van der Waals surface area contributed by atoms with E-state index in [2.05, 4.69) is 25.7 Å². The van der Waals surface area contributed by atoms with Crippen LogP contribution in [0, 0.1) is 24.7 Å². The van der Waals surface area contributed by atoms with Crippen LogP contribution in [0.2, 0.25) is 0 Å². The highest BCUT2D eigenvalue weighted by molar-refractivity contribution is 4.98. The lowest BCUT2D eigenvalue weighted by Gasteiger charge is -2.00. The lowest BCUT2D eigenvalue weighted by Crippen LogP contribution is -1.89. The van der Waals surface area contributed by atoms with E-state index in [0.29, 0.717) is 5.92 Å². The van der Waals surface area contributed by atoms with Crippen molar-refractivity contribution in [1.29, 1.82) is 0 Å². The van der Waals surface area contributed by atoms with Gasteiger partial charge in [0.1, 0.15) is 0 Å². The van der Waals surface area contributed by atoms with Gasteiger partial charge in [-0.15, -0.1) is 11.8 Å². The van der Waals surface area contributed by atoms with E-state index in [1.165, 1.54) is 19.3 Å². The lowest BCUT2D eigenvalue weighted by atomic mass is 10.0. The molecule has 1 radical (unpaired) electrons. The monoisotopic (exact) mass is 137 g/mol. The molecule has 0 bridgehead atoms. The maximum Gasteiger partial charge on any atom is 0.0174 e. The molecule has 0 aromatic carbocycles. The average molecular weight is 137 g/mol. The van der Waals surface area contributed by atoms with Crippen LogP contribution in [-0.4, -0.2) is 0 Å². The van der Waals surface area contributed by atoms with Crippen LogP contribution < -0.4 is 0 Å². The highest BCUT2D eigenvalue weighted by Crippen LogP contribution is 2.07. The Morgan fingerprint density at radius 1 is 1.40 bits per heavy atom. The van der Waals surface area contributed by atoms with Gasteiger partial charge in [0.15, 0.2) is 0 Å². The smallest absolute Gasteiger partial charge is 0.0174 e. The van der Waals surface area contributed by atoms with E-state index in [-0.39, 0.29) is 0 Å². The Bertz CT molecular complexity index is 114. The SMILES string of the molecule is [CH2]CCCCC(C)C#CC. The van der Waals surface area contributed by atoms with E-state index < -0.39 is 0 Å². The van der Waals surface area contributed by atoms with Gasteiger partial charge in [0, 0.05) is 5.92 Å². The van der Waals surface area contributed by atoms with Gasteiger partial charge < -0.3 is 0 Å². The first kappa shape index (κ1) is 9.56. The lowest BCUT2D eigenvalue weighted by molar-refractivity contribution is 0.598. The number of unbranched alkanes of at least 4 members (excludes halogenated alkanes) is 2. The van der Waals surface area contributed by atoms with Crippen molar-refractivity contribution >= 4 is 0 Å². The van der Waals surface area contributed by atoms with Gasteiger partial charge in [-0.05, 0) is 13.3 Å². The van der Waals surface area contributed by atoms with Crippen molar-refractivity contribution in [3.05, 3.63) is 6.92 Å². The van der Waals surface area contributed by atoms with E-state index in [4.69, 9.17) is 0 Å². The van der Waals surface area contributed by atoms with Crippen molar-refractivity contribution in [1.82, 2.24) is 0 Å². The largest absolute Gasteiger partial charge is 0.106 e. The molecule has 0 saturated heterocycles. The van der Waals surface area contributed by atoms with Crippen molar-refractivity contribution in [2.75, 3.05) is 0 Å². The summed E-state index contributed by atoms with van der Waals surface area (Å²) in [6.45, 7) is 7.87. The second kappa shape index (κ2) is 6.68. The first-order valence-electron chi connectivity index (χ1n) is 4.02. The number of rotatable bonds is 4. The Labute approximate surface area is 65.0 Å². The molecule has 0 aromatic heterocycles. The maximum atomic E-state index is 3.79. The second-order valence-electron chi connectivity index (χ2n) is 2.64. The van der Waals surface area contributed by atoms with Crippen LogP contribution in [0.1, 0.15) is 39.5 Å². The molecule has 0 saturated carbocycles. The van der Waals surface area contributed by atoms with Gasteiger partial charge in [0.2, 0.25) is 0 Å². The number of hydrogen-bond acceptors (Lipinski definition) is 0. The van der Waals surface area contributed by atoms with Gasteiger partial charge in [-0.3, -0.25) is 0 Å². The fraction of sp³-hybridized carbons (Fsp3) is 0.700. The molecule has 0 spiro atoms. The third kappa shape index (κ3) is 5.69. The summed E-state index contributed by atoms with van der Waals surface area (Å²) >= 11 is 0. The minimum absolute atomic E-state index is 0.580. The second-order valence-corrected chi connectivity index (χ2v) is 2.64. The zero-order valence-corrected chi connectivity index (χ0v) is 7.11. The third-order valence-corrected chi connectivity index (χ3v) is 1.53. The summed E-state index contributed by atoms with van der Waals surface area (Å²) < 4.78 is 0.